The number of benzene rings is 2. The molecule has 2 aromatic carbocycles. The van der Waals surface area contributed by atoms with Gasteiger partial charge in [0.25, 0.3) is 0 Å². The molecule has 0 radical (unpaired) electrons. The lowest BCUT2D eigenvalue weighted by Crippen LogP contribution is -2.35. The number of thiazole rings is 1. The fourth-order valence-corrected chi connectivity index (χ4v) is 6.47. The molecule has 1 atom stereocenters. The third-order valence-corrected chi connectivity index (χ3v) is 8.18. The van der Waals surface area contributed by atoms with Crippen LogP contribution in [0.3, 0.4) is 0 Å². The van der Waals surface area contributed by atoms with Gasteiger partial charge in [-0.2, -0.15) is 5.26 Å². The summed E-state index contributed by atoms with van der Waals surface area (Å²) in [5.74, 6) is -0.961. The Morgan fingerprint density at radius 1 is 1.31 bits per heavy atom. The molecule has 10 heteroatoms. The molecular weight excluding hydrogens is 498 g/mol. The highest BCUT2D eigenvalue weighted by Crippen LogP contribution is 2.40. The number of fused-ring (bicyclic) bond motifs is 1. The van der Waals surface area contributed by atoms with E-state index in [4.69, 9.17) is 4.74 Å². The predicted molar refractivity (Wildman–Crippen MR) is 138 cm³/mol. The van der Waals surface area contributed by atoms with Gasteiger partial charge in [0.1, 0.15) is 16.8 Å². The van der Waals surface area contributed by atoms with Crippen molar-refractivity contribution in [3.05, 3.63) is 59.3 Å². The summed E-state index contributed by atoms with van der Waals surface area (Å²) in [5, 5.41) is 10.3. The van der Waals surface area contributed by atoms with Crippen LogP contribution in [0, 0.1) is 11.3 Å². The van der Waals surface area contributed by atoms with E-state index in [0.29, 0.717) is 17.7 Å². The molecule has 3 aromatic rings. The van der Waals surface area contributed by atoms with Crippen LogP contribution in [-0.4, -0.2) is 38.3 Å². The Hall–Kier alpha value is -3.26. The van der Waals surface area contributed by atoms with Crippen LogP contribution in [0.15, 0.2) is 42.6 Å². The SMILES string of the molecule is COC(=O)CS(=O)(=O)N[C@H]1CCCc2c(-c3cnc(-c4ccc(OC(C)C)c(C#N)c4)s3)cccc21. The van der Waals surface area contributed by atoms with Gasteiger partial charge in [-0.15, -0.1) is 11.3 Å². The fraction of sp³-hybridized carbons (Fsp3) is 0.346. The maximum Gasteiger partial charge on any atom is 0.322 e. The van der Waals surface area contributed by atoms with Crippen molar-refractivity contribution in [2.24, 2.45) is 0 Å². The van der Waals surface area contributed by atoms with Crippen molar-refractivity contribution in [2.75, 3.05) is 12.9 Å². The maximum absolute atomic E-state index is 12.5. The number of hydrogen-bond donors (Lipinski definition) is 1. The Morgan fingerprint density at radius 3 is 2.83 bits per heavy atom. The van der Waals surface area contributed by atoms with Crippen molar-refractivity contribution in [1.29, 1.82) is 5.26 Å². The largest absolute Gasteiger partial charge is 0.490 e. The Balaban J connectivity index is 1.63. The average molecular weight is 526 g/mol. The summed E-state index contributed by atoms with van der Waals surface area (Å²) in [6.45, 7) is 3.83. The Bertz CT molecular complexity index is 1420. The zero-order chi connectivity index (χ0) is 25.9. The predicted octanol–water partition coefficient (Wildman–Crippen LogP) is 4.61. The summed E-state index contributed by atoms with van der Waals surface area (Å²) in [4.78, 5) is 17.1. The molecule has 0 saturated heterocycles. The third-order valence-electron chi connectivity index (χ3n) is 5.85. The topological polar surface area (TPSA) is 118 Å². The Kier molecular flexibility index (Phi) is 7.73. The summed E-state index contributed by atoms with van der Waals surface area (Å²) in [5.41, 5.74) is 4.27. The molecule has 36 heavy (non-hydrogen) atoms. The molecule has 0 spiro atoms. The number of nitriles is 1. The van der Waals surface area contributed by atoms with E-state index in [1.54, 1.807) is 12.1 Å². The van der Waals surface area contributed by atoms with Crippen LogP contribution >= 0.6 is 11.3 Å². The van der Waals surface area contributed by atoms with Gasteiger partial charge in [0.15, 0.2) is 5.75 Å². The van der Waals surface area contributed by atoms with E-state index in [9.17, 15) is 18.5 Å². The van der Waals surface area contributed by atoms with E-state index in [-0.39, 0.29) is 6.10 Å². The minimum atomic E-state index is -3.83. The molecule has 1 heterocycles. The molecule has 0 amide bonds. The molecule has 0 unspecified atom stereocenters. The summed E-state index contributed by atoms with van der Waals surface area (Å²) in [6.07, 6.45) is 4.04. The molecular formula is C26H27N3O5S2. The monoisotopic (exact) mass is 525 g/mol. The van der Waals surface area contributed by atoms with E-state index >= 15 is 0 Å². The number of esters is 1. The molecule has 0 fully saturated rings. The summed E-state index contributed by atoms with van der Waals surface area (Å²) in [6, 6.07) is 13.1. The van der Waals surface area contributed by atoms with Gasteiger partial charge >= 0.3 is 5.97 Å². The summed E-state index contributed by atoms with van der Waals surface area (Å²) in [7, 11) is -2.67. The average Bonchev–Trinajstić information content (AvgIpc) is 3.33. The molecule has 1 N–H and O–H groups in total. The number of methoxy groups -OCH3 is 1. The van der Waals surface area contributed by atoms with Gasteiger partial charge < -0.3 is 9.47 Å². The second-order valence-corrected chi connectivity index (χ2v) is 11.6. The molecule has 0 bridgehead atoms. The number of rotatable bonds is 8. The highest BCUT2D eigenvalue weighted by atomic mass is 32.2. The number of nitrogens with zero attached hydrogens (tertiary/aromatic N) is 2. The van der Waals surface area contributed by atoms with Crippen LogP contribution in [0.2, 0.25) is 0 Å². The van der Waals surface area contributed by atoms with Crippen molar-refractivity contribution in [3.8, 4) is 32.8 Å². The number of sulfonamides is 1. The van der Waals surface area contributed by atoms with Crippen LogP contribution < -0.4 is 9.46 Å². The van der Waals surface area contributed by atoms with Gasteiger partial charge in [0, 0.05) is 17.8 Å². The first kappa shape index (κ1) is 25.8. The quantitative estimate of drug-likeness (QED) is 0.427. The second-order valence-electron chi connectivity index (χ2n) is 8.79. The molecule has 8 nitrogen and oxygen atoms in total. The van der Waals surface area contributed by atoms with Crippen LogP contribution in [0.4, 0.5) is 0 Å². The zero-order valence-corrected chi connectivity index (χ0v) is 21.9. The summed E-state index contributed by atoms with van der Waals surface area (Å²) >= 11 is 1.52. The lowest BCUT2D eigenvalue weighted by Gasteiger charge is -2.27. The number of ether oxygens (including phenoxy) is 2. The standard InChI is InChI=1S/C26H27N3O5S2/c1-16(2)34-23-11-10-17(12-18(23)13-27)26-28-14-24(35-26)21-8-4-7-20-19(21)6-5-9-22(20)29-36(31,32)15-25(30)33-3/h4,7-8,10-12,14,16,22,29H,5-6,9,15H2,1-3H3/t22-/m0/s1. The maximum atomic E-state index is 12.5. The molecule has 188 valence electrons. The molecule has 1 aromatic heterocycles. The van der Waals surface area contributed by atoms with Gasteiger partial charge in [0.2, 0.25) is 10.0 Å². The number of aromatic nitrogens is 1. The second kappa shape index (κ2) is 10.8. The van der Waals surface area contributed by atoms with Crippen LogP contribution in [0.5, 0.6) is 5.75 Å². The van der Waals surface area contributed by atoms with E-state index in [1.807, 2.05) is 44.3 Å². The van der Waals surface area contributed by atoms with Crippen LogP contribution in [0.1, 0.15) is 49.4 Å². The normalized spacial score (nSPS) is 15.2. The third kappa shape index (κ3) is 5.75. The summed E-state index contributed by atoms with van der Waals surface area (Å²) < 4.78 is 37.9. The molecule has 0 aliphatic heterocycles. The minimum absolute atomic E-state index is 0.0348. The number of nitrogens with one attached hydrogen (secondary N) is 1. The molecule has 1 aliphatic carbocycles. The van der Waals surface area contributed by atoms with E-state index in [2.05, 4.69) is 20.5 Å². The lowest BCUT2D eigenvalue weighted by molar-refractivity contribution is -0.137. The highest BCUT2D eigenvalue weighted by molar-refractivity contribution is 7.90. The van der Waals surface area contributed by atoms with Crippen molar-refractivity contribution in [2.45, 2.75) is 45.3 Å². The van der Waals surface area contributed by atoms with Gasteiger partial charge in [-0.1, -0.05) is 18.2 Å². The minimum Gasteiger partial charge on any atom is -0.490 e. The Morgan fingerprint density at radius 2 is 2.11 bits per heavy atom. The molecule has 4 rings (SSSR count). The number of hydrogen-bond acceptors (Lipinski definition) is 8. The Labute approximate surface area is 215 Å². The van der Waals surface area contributed by atoms with Crippen LogP contribution in [-0.2, 0) is 26.0 Å². The first-order chi connectivity index (χ1) is 17.2. The molecule has 1 aliphatic rings. The fourth-order valence-electron chi connectivity index (χ4n) is 4.31. The van der Waals surface area contributed by atoms with E-state index in [0.717, 1.165) is 52.1 Å². The van der Waals surface area contributed by atoms with Crippen molar-refractivity contribution >= 4 is 27.3 Å². The van der Waals surface area contributed by atoms with Crippen molar-refractivity contribution in [3.63, 3.8) is 0 Å². The van der Waals surface area contributed by atoms with E-state index in [1.165, 1.54) is 11.3 Å². The van der Waals surface area contributed by atoms with Gasteiger partial charge in [-0.25, -0.2) is 18.1 Å². The van der Waals surface area contributed by atoms with Gasteiger partial charge in [-0.3, -0.25) is 4.79 Å². The lowest BCUT2D eigenvalue weighted by atomic mass is 9.85. The first-order valence-electron chi connectivity index (χ1n) is 11.6. The van der Waals surface area contributed by atoms with E-state index < -0.39 is 27.8 Å². The number of carbonyl (C=O) groups is 1. The zero-order valence-electron chi connectivity index (χ0n) is 20.3. The van der Waals surface area contributed by atoms with Crippen molar-refractivity contribution < 1.29 is 22.7 Å². The smallest absolute Gasteiger partial charge is 0.322 e. The first-order valence-corrected chi connectivity index (χ1v) is 14.0. The number of carbonyl (C=O) groups excluding carboxylic acids is 1. The van der Waals surface area contributed by atoms with Crippen LogP contribution in [0.25, 0.3) is 21.0 Å². The van der Waals surface area contributed by atoms with Crippen molar-refractivity contribution in [1.82, 2.24) is 9.71 Å². The highest BCUT2D eigenvalue weighted by Gasteiger charge is 2.28. The van der Waals surface area contributed by atoms with Gasteiger partial charge in [-0.05, 0) is 68.0 Å². The molecule has 0 saturated carbocycles. The van der Waals surface area contributed by atoms with Gasteiger partial charge in [0.05, 0.1) is 23.7 Å².